The highest BCUT2D eigenvalue weighted by Gasteiger charge is 2.32. The smallest absolute Gasteiger partial charge is 0.165 e. The van der Waals surface area contributed by atoms with Crippen LogP contribution in [0.2, 0.25) is 0 Å². The maximum absolute atomic E-state index is 12.1. The average molecular weight is 272 g/mol. The fraction of sp³-hybridized carbons (Fsp3) is 0.533. The molecule has 0 saturated heterocycles. The molecule has 2 aromatic heterocycles. The minimum atomic E-state index is 0.0755. The van der Waals surface area contributed by atoms with E-state index in [4.69, 9.17) is 0 Å². The molecule has 0 amide bonds. The molecule has 3 rings (SSSR count). The average Bonchev–Trinajstić information content (AvgIpc) is 2.98. The lowest BCUT2D eigenvalue weighted by atomic mass is 9.76. The van der Waals surface area contributed by atoms with Gasteiger partial charge in [-0.05, 0) is 24.3 Å². The highest BCUT2D eigenvalue weighted by molar-refractivity contribution is 5.98. The van der Waals surface area contributed by atoms with Crippen molar-refractivity contribution in [2.45, 2.75) is 46.2 Å². The van der Waals surface area contributed by atoms with E-state index in [1.807, 2.05) is 23.1 Å². The molecule has 106 valence electrons. The Morgan fingerprint density at radius 2 is 2.10 bits per heavy atom. The van der Waals surface area contributed by atoms with E-state index in [9.17, 15) is 4.79 Å². The standard InChI is InChI=1S/C15H20N4O/c1-15(2)10-13-12(14(20)11-15)4-8-18(13)6-3-7-19-9-5-16-17-19/h4-5,8-9H,3,6-7,10-11H2,1-2H3. The molecular formula is C15H20N4O. The number of aryl methyl sites for hydroxylation is 2. The quantitative estimate of drug-likeness (QED) is 0.858. The van der Waals surface area contributed by atoms with Crippen molar-refractivity contribution in [1.29, 1.82) is 0 Å². The first-order valence-corrected chi connectivity index (χ1v) is 7.10. The number of ketones is 1. The minimum absolute atomic E-state index is 0.0755. The highest BCUT2D eigenvalue weighted by Crippen LogP contribution is 2.35. The molecule has 20 heavy (non-hydrogen) atoms. The molecule has 0 saturated carbocycles. The molecule has 2 aromatic rings. The first-order valence-electron chi connectivity index (χ1n) is 7.10. The van der Waals surface area contributed by atoms with E-state index >= 15 is 0 Å². The van der Waals surface area contributed by atoms with Gasteiger partial charge in [-0.25, -0.2) is 0 Å². The van der Waals surface area contributed by atoms with Gasteiger partial charge in [0, 0.05) is 43.2 Å². The summed E-state index contributed by atoms with van der Waals surface area (Å²) in [6.07, 6.45) is 8.23. The molecule has 0 bridgehead atoms. The highest BCUT2D eigenvalue weighted by atomic mass is 16.1. The van der Waals surface area contributed by atoms with Gasteiger partial charge >= 0.3 is 0 Å². The molecule has 0 spiro atoms. The molecule has 0 atom stereocenters. The molecule has 1 aliphatic rings. The largest absolute Gasteiger partial charge is 0.351 e. The van der Waals surface area contributed by atoms with Crippen LogP contribution in [0.5, 0.6) is 0 Å². The summed E-state index contributed by atoms with van der Waals surface area (Å²) in [4.78, 5) is 12.1. The normalized spacial score (nSPS) is 17.2. The lowest BCUT2D eigenvalue weighted by molar-refractivity contribution is 0.0910. The number of rotatable bonds is 4. The fourth-order valence-corrected chi connectivity index (χ4v) is 2.97. The number of carbonyl (C=O) groups excluding carboxylic acids is 1. The predicted molar refractivity (Wildman–Crippen MR) is 75.5 cm³/mol. The molecule has 0 unspecified atom stereocenters. The number of nitrogens with zero attached hydrogens (tertiary/aromatic N) is 4. The van der Waals surface area contributed by atoms with E-state index < -0.39 is 0 Å². The van der Waals surface area contributed by atoms with Gasteiger partial charge in [0.05, 0.1) is 6.20 Å². The lowest BCUT2D eigenvalue weighted by Crippen LogP contribution is -2.28. The van der Waals surface area contributed by atoms with Gasteiger partial charge in [-0.3, -0.25) is 9.48 Å². The van der Waals surface area contributed by atoms with Gasteiger partial charge in [0.25, 0.3) is 0 Å². The molecule has 5 heteroatoms. The Kier molecular flexibility index (Phi) is 3.20. The molecule has 0 N–H and O–H groups in total. The Bertz CT molecular complexity index is 610. The van der Waals surface area contributed by atoms with Crippen LogP contribution in [0.4, 0.5) is 0 Å². The van der Waals surface area contributed by atoms with E-state index in [0.29, 0.717) is 6.42 Å². The van der Waals surface area contributed by atoms with Gasteiger partial charge in [-0.15, -0.1) is 5.10 Å². The maximum atomic E-state index is 12.1. The van der Waals surface area contributed by atoms with Crippen LogP contribution in [0.15, 0.2) is 24.7 Å². The monoisotopic (exact) mass is 272 g/mol. The Labute approximate surface area is 118 Å². The fourth-order valence-electron chi connectivity index (χ4n) is 2.97. The van der Waals surface area contributed by atoms with Crippen LogP contribution in [0.3, 0.4) is 0 Å². The van der Waals surface area contributed by atoms with E-state index in [1.54, 1.807) is 6.20 Å². The second-order valence-corrected chi connectivity index (χ2v) is 6.33. The second-order valence-electron chi connectivity index (χ2n) is 6.33. The van der Waals surface area contributed by atoms with Crippen molar-refractivity contribution in [2.75, 3.05) is 0 Å². The summed E-state index contributed by atoms with van der Waals surface area (Å²) < 4.78 is 4.07. The van der Waals surface area contributed by atoms with Gasteiger partial charge in [-0.2, -0.15) is 0 Å². The molecule has 2 heterocycles. The molecule has 5 nitrogen and oxygen atoms in total. The van der Waals surface area contributed by atoms with Crippen LogP contribution >= 0.6 is 0 Å². The zero-order valence-electron chi connectivity index (χ0n) is 12.0. The number of aromatic nitrogens is 4. The van der Waals surface area contributed by atoms with Crippen molar-refractivity contribution in [3.05, 3.63) is 35.9 Å². The number of hydrogen-bond acceptors (Lipinski definition) is 3. The van der Waals surface area contributed by atoms with Crippen LogP contribution in [0.1, 0.15) is 42.7 Å². The van der Waals surface area contributed by atoms with Crippen LogP contribution in [0.25, 0.3) is 0 Å². The zero-order chi connectivity index (χ0) is 14.2. The van der Waals surface area contributed by atoms with Crippen molar-refractivity contribution in [1.82, 2.24) is 19.6 Å². The Morgan fingerprint density at radius 1 is 1.25 bits per heavy atom. The lowest BCUT2D eigenvalue weighted by Gasteiger charge is -2.29. The van der Waals surface area contributed by atoms with Gasteiger partial charge in [-0.1, -0.05) is 19.1 Å². The van der Waals surface area contributed by atoms with Crippen LogP contribution in [-0.4, -0.2) is 25.3 Å². The third-order valence-corrected chi connectivity index (χ3v) is 3.92. The first kappa shape index (κ1) is 13.1. The summed E-state index contributed by atoms with van der Waals surface area (Å²) in [5, 5.41) is 7.76. The van der Waals surface area contributed by atoms with Crippen molar-refractivity contribution in [3.8, 4) is 0 Å². The molecular weight excluding hydrogens is 252 g/mol. The number of fused-ring (bicyclic) bond motifs is 1. The summed E-state index contributed by atoms with van der Waals surface area (Å²) in [5.41, 5.74) is 2.20. The molecule has 0 fully saturated rings. The second kappa shape index (κ2) is 4.89. The number of hydrogen-bond donors (Lipinski definition) is 0. The third-order valence-electron chi connectivity index (χ3n) is 3.92. The SMILES string of the molecule is CC1(C)CC(=O)c2ccn(CCCn3ccnn3)c2C1. The van der Waals surface area contributed by atoms with Gasteiger partial charge in [0.1, 0.15) is 0 Å². The molecule has 0 aliphatic heterocycles. The van der Waals surface area contributed by atoms with E-state index in [-0.39, 0.29) is 11.2 Å². The Hall–Kier alpha value is -1.91. The van der Waals surface area contributed by atoms with E-state index in [0.717, 1.165) is 31.5 Å². The van der Waals surface area contributed by atoms with Crippen molar-refractivity contribution >= 4 is 5.78 Å². The van der Waals surface area contributed by atoms with Crippen molar-refractivity contribution in [3.63, 3.8) is 0 Å². The third kappa shape index (κ3) is 2.53. The Morgan fingerprint density at radius 3 is 2.85 bits per heavy atom. The summed E-state index contributed by atoms with van der Waals surface area (Å²) in [6.45, 7) is 6.10. The topological polar surface area (TPSA) is 52.7 Å². The predicted octanol–water partition coefficient (Wildman–Crippen LogP) is 2.33. The van der Waals surface area contributed by atoms with Crippen LogP contribution < -0.4 is 0 Å². The molecule has 1 aliphatic carbocycles. The molecule has 0 radical (unpaired) electrons. The summed E-state index contributed by atoms with van der Waals surface area (Å²) in [6, 6.07) is 1.97. The van der Waals surface area contributed by atoms with Crippen molar-refractivity contribution < 1.29 is 4.79 Å². The summed E-state index contributed by atoms with van der Waals surface area (Å²) >= 11 is 0. The van der Waals surface area contributed by atoms with E-state index in [2.05, 4.69) is 28.7 Å². The van der Waals surface area contributed by atoms with E-state index in [1.165, 1.54) is 5.69 Å². The zero-order valence-corrected chi connectivity index (χ0v) is 12.0. The summed E-state index contributed by atoms with van der Waals surface area (Å²) in [5.74, 6) is 0.284. The van der Waals surface area contributed by atoms with Crippen LogP contribution in [0, 0.1) is 5.41 Å². The number of carbonyl (C=O) groups is 1. The minimum Gasteiger partial charge on any atom is -0.351 e. The van der Waals surface area contributed by atoms with Gasteiger partial charge in [0.2, 0.25) is 0 Å². The van der Waals surface area contributed by atoms with Gasteiger partial charge < -0.3 is 4.57 Å². The Balaban J connectivity index is 1.71. The number of Topliss-reactive ketones (excluding diaryl/α,β-unsaturated/α-hetero) is 1. The van der Waals surface area contributed by atoms with Crippen LogP contribution in [-0.2, 0) is 19.5 Å². The summed E-state index contributed by atoms with van der Waals surface area (Å²) in [7, 11) is 0. The van der Waals surface area contributed by atoms with Gasteiger partial charge in [0.15, 0.2) is 5.78 Å². The van der Waals surface area contributed by atoms with Crippen molar-refractivity contribution in [2.24, 2.45) is 5.41 Å². The maximum Gasteiger partial charge on any atom is 0.165 e. The first-order chi connectivity index (χ1) is 9.55. The molecule has 0 aromatic carbocycles.